The number of tetrazole rings is 1. The number of carbonyl (C=O) groups excluding carboxylic acids is 2. The van der Waals surface area contributed by atoms with Crippen molar-refractivity contribution in [1.29, 1.82) is 0 Å². The van der Waals surface area contributed by atoms with Crippen molar-refractivity contribution < 1.29 is 9.59 Å². The minimum absolute atomic E-state index is 0.138. The van der Waals surface area contributed by atoms with E-state index < -0.39 is 12.1 Å². The van der Waals surface area contributed by atoms with E-state index in [1.807, 2.05) is 13.0 Å². The van der Waals surface area contributed by atoms with Gasteiger partial charge in [-0.05, 0) is 54.3 Å². The first-order chi connectivity index (χ1) is 11.6. The number of urea groups is 1. The molecule has 126 valence electrons. The molecular weight excluding hydrogens is 310 g/mol. The third-order valence-corrected chi connectivity index (χ3v) is 3.90. The Balaban J connectivity index is 1.68. The van der Waals surface area contributed by atoms with Crippen LogP contribution in [0.2, 0.25) is 0 Å². The normalized spacial score (nSPS) is 17.7. The molecule has 9 heteroatoms. The zero-order chi connectivity index (χ0) is 16.9. The molecule has 0 spiro atoms. The van der Waals surface area contributed by atoms with E-state index in [2.05, 4.69) is 31.5 Å². The highest BCUT2D eigenvalue weighted by atomic mass is 16.2. The van der Waals surface area contributed by atoms with Gasteiger partial charge in [-0.3, -0.25) is 4.79 Å². The zero-order valence-corrected chi connectivity index (χ0v) is 13.3. The van der Waals surface area contributed by atoms with Crippen LogP contribution in [0.3, 0.4) is 0 Å². The summed E-state index contributed by atoms with van der Waals surface area (Å²) in [4.78, 5) is 24.0. The molecule has 1 saturated heterocycles. The number of rotatable bonds is 3. The molecule has 0 saturated carbocycles. The highest BCUT2D eigenvalue weighted by molar-refractivity contribution is 5.94. The molecule has 1 fully saturated rings. The molecule has 24 heavy (non-hydrogen) atoms. The van der Waals surface area contributed by atoms with Crippen molar-refractivity contribution in [3.8, 4) is 5.69 Å². The van der Waals surface area contributed by atoms with E-state index in [1.54, 1.807) is 12.1 Å². The van der Waals surface area contributed by atoms with E-state index in [-0.39, 0.29) is 5.91 Å². The quantitative estimate of drug-likeness (QED) is 0.769. The van der Waals surface area contributed by atoms with Crippen molar-refractivity contribution in [2.24, 2.45) is 0 Å². The van der Waals surface area contributed by atoms with Gasteiger partial charge in [-0.1, -0.05) is 6.07 Å². The molecule has 1 aliphatic heterocycles. The van der Waals surface area contributed by atoms with Gasteiger partial charge < -0.3 is 16.0 Å². The predicted octanol–water partition coefficient (Wildman–Crippen LogP) is 0.761. The maximum atomic E-state index is 12.2. The molecule has 1 aromatic heterocycles. The highest BCUT2D eigenvalue weighted by Crippen LogP contribution is 2.18. The molecule has 1 aliphatic rings. The lowest BCUT2D eigenvalue weighted by Gasteiger charge is -2.16. The summed E-state index contributed by atoms with van der Waals surface area (Å²) in [7, 11) is 0. The number of nitrogens with zero attached hydrogens (tertiary/aromatic N) is 4. The van der Waals surface area contributed by atoms with Crippen LogP contribution in [0.25, 0.3) is 5.69 Å². The van der Waals surface area contributed by atoms with E-state index in [0.717, 1.165) is 24.1 Å². The van der Waals surface area contributed by atoms with Crippen LogP contribution in [-0.2, 0) is 4.79 Å². The summed E-state index contributed by atoms with van der Waals surface area (Å²) in [6.07, 6.45) is 3.96. The largest absolute Gasteiger partial charge is 0.354 e. The van der Waals surface area contributed by atoms with Gasteiger partial charge in [0, 0.05) is 12.2 Å². The molecule has 0 unspecified atom stereocenters. The Morgan fingerprint density at radius 3 is 3.04 bits per heavy atom. The van der Waals surface area contributed by atoms with Gasteiger partial charge in [0.25, 0.3) is 0 Å². The minimum atomic E-state index is -0.503. The lowest BCUT2D eigenvalue weighted by molar-refractivity contribution is -0.122. The fourth-order valence-corrected chi connectivity index (χ4v) is 2.61. The second-order valence-corrected chi connectivity index (χ2v) is 5.69. The number of carbonyl (C=O) groups is 2. The van der Waals surface area contributed by atoms with Crippen LogP contribution in [0.5, 0.6) is 0 Å². The van der Waals surface area contributed by atoms with Crippen molar-refractivity contribution in [2.45, 2.75) is 32.2 Å². The van der Waals surface area contributed by atoms with Crippen LogP contribution in [0.1, 0.15) is 24.8 Å². The molecule has 1 aromatic carbocycles. The number of hydrogen-bond donors (Lipinski definition) is 3. The number of anilines is 1. The van der Waals surface area contributed by atoms with Crippen molar-refractivity contribution in [3.63, 3.8) is 0 Å². The van der Waals surface area contributed by atoms with Crippen LogP contribution in [0.15, 0.2) is 24.5 Å². The van der Waals surface area contributed by atoms with E-state index in [9.17, 15) is 9.59 Å². The van der Waals surface area contributed by atoms with Gasteiger partial charge in [0.05, 0.1) is 5.69 Å². The van der Waals surface area contributed by atoms with Crippen LogP contribution in [0.4, 0.5) is 10.5 Å². The summed E-state index contributed by atoms with van der Waals surface area (Å²) < 4.78 is 1.52. The Bertz CT molecular complexity index is 729. The summed E-state index contributed by atoms with van der Waals surface area (Å²) in [5.41, 5.74) is 2.33. The number of nitrogens with one attached hydrogen (secondary N) is 3. The third kappa shape index (κ3) is 3.67. The molecule has 9 nitrogen and oxygen atoms in total. The molecule has 0 radical (unpaired) electrons. The summed E-state index contributed by atoms with van der Waals surface area (Å²) in [5.74, 6) is -0.138. The summed E-state index contributed by atoms with van der Waals surface area (Å²) >= 11 is 0. The smallest absolute Gasteiger partial charge is 0.319 e. The van der Waals surface area contributed by atoms with Crippen LogP contribution < -0.4 is 16.0 Å². The number of aromatic nitrogens is 4. The molecule has 3 rings (SSSR count). The Kier molecular flexibility index (Phi) is 4.69. The van der Waals surface area contributed by atoms with Gasteiger partial charge >= 0.3 is 6.03 Å². The van der Waals surface area contributed by atoms with Gasteiger partial charge in [-0.2, -0.15) is 0 Å². The topological polar surface area (TPSA) is 114 Å². The average molecular weight is 329 g/mol. The summed E-state index contributed by atoms with van der Waals surface area (Å²) in [6, 6.07) is 4.51. The van der Waals surface area contributed by atoms with E-state index >= 15 is 0 Å². The Labute approximate surface area is 138 Å². The number of aryl methyl sites for hydroxylation is 1. The van der Waals surface area contributed by atoms with Crippen LogP contribution >= 0.6 is 0 Å². The molecule has 1 atom stereocenters. The zero-order valence-electron chi connectivity index (χ0n) is 13.3. The van der Waals surface area contributed by atoms with Crippen molar-refractivity contribution in [3.05, 3.63) is 30.1 Å². The second-order valence-electron chi connectivity index (χ2n) is 5.69. The van der Waals surface area contributed by atoms with Crippen LogP contribution in [0, 0.1) is 6.92 Å². The van der Waals surface area contributed by atoms with E-state index in [1.165, 1.54) is 11.0 Å². The minimum Gasteiger partial charge on any atom is -0.354 e. The number of hydrogen-bond acceptors (Lipinski definition) is 5. The molecule has 3 amide bonds. The van der Waals surface area contributed by atoms with Gasteiger partial charge in [0.1, 0.15) is 12.4 Å². The monoisotopic (exact) mass is 329 g/mol. The van der Waals surface area contributed by atoms with E-state index in [0.29, 0.717) is 18.7 Å². The predicted molar refractivity (Wildman–Crippen MR) is 86.7 cm³/mol. The van der Waals surface area contributed by atoms with Crippen molar-refractivity contribution in [2.75, 3.05) is 11.9 Å². The maximum Gasteiger partial charge on any atom is 0.319 e. The maximum absolute atomic E-state index is 12.2. The average Bonchev–Trinajstić information content (AvgIpc) is 3.02. The standard InChI is InChI=1S/C15H19N7O2/c1-10-5-6-11(8-13(10)22-9-17-20-21-22)18-15(24)19-12-4-2-3-7-16-14(12)23/h5-6,8-9,12H,2-4,7H2,1H3,(H,16,23)(H2,18,19,24)/t12-/m0/s1. The number of benzene rings is 1. The summed E-state index contributed by atoms with van der Waals surface area (Å²) in [6.45, 7) is 2.59. The van der Waals surface area contributed by atoms with Crippen molar-refractivity contribution in [1.82, 2.24) is 30.8 Å². The third-order valence-electron chi connectivity index (χ3n) is 3.90. The van der Waals surface area contributed by atoms with Gasteiger partial charge in [0.15, 0.2) is 0 Å². The SMILES string of the molecule is Cc1ccc(NC(=O)N[C@H]2CCCCNC2=O)cc1-n1cnnn1. The molecule has 2 aromatic rings. The molecule has 3 N–H and O–H groups in total. The van der Waals surface area contributed by atoms with Crippen LogP contribution in [-0.4, -0.2) is 44.7 Å². The van der Waals surface area contributed by atoms with Crippen molar-refractivity contribution >= 4 is 17.6 Å². The molecule has 0 aliphatic carbocycles. The molecular formula is C15H19N7O2. The Morgan fingerprint density at radius 1 is 1.38 bits per heavy atom. The second kappa shape index (κ2) is 7.07. The Hall–Kier alpha value is -2.97. The molecule has 0 bridgehead atoms. The Morgan fingerprint density at radius 2 is 2.25 bits per heavy atom. The first kappa shape index (κ1) is 15.9. The first-order valence-corrected chi connectivity index (χ1v) is 7.83. The highest BCUT2D eigenvalue weighted by Gasteiger charge is 2.22. The molecule has 2 heterocycles. The summed E-state index contributed by atoms with van der Waals surface area (Å²) in [5, 5.41) is 19.3. The lowest BCUT2D eigenvalue weighted by atomic mass is 10.1. The van der Waals surface area contributed by atoms with Gasteiger partial charge in [0.2, 0.25) is 5.91 Å². The lowest BCUT2D eigenvalue weighted by Crippen LogP contribution is -2.47. The first-order valence-electron chi connectivity index (χ1n) is 7.83. The van der Waals surface area contributed by atoms with Gasteiger partial charge in [-0.15, -0.1) is 5.10 Å². The fourth-order valence-electron chi connectivity index (χ4n) is 2.61. The fraction of sp³-hybridized carbons (Fsp3) is 0.400. The number of amides is 3. The van der Waals surface area contributed by atoms with E-state index in [4.69, 9.17) is 0 Å². The van der Waals surface area contributed by atoms with Gasteiger partial charge in [-0.25, -0.2) is 9.48 Å².